The van der Waals surface area contributed by atoms with Gasteiger partial charge in [0, 0.05) is 32.2 Å². The smallest absolute Gasteiger partial charge is 0.244 e. The van der Waals surface area contributed by atoms with Crippen LogP contribution in [0.25, 0.3) is 0 Å². The predicted molar refractivity (Wildman–Crippen MR) is 110 cm³/mol. The van der Waals surface area contributed by atoms with Crippen LogP contribution >= 0.6 is 0 Å². The molecule has 1 aromatic carbocycles. The summed E-state index contributed by atoms with van der Waals surface area (Å²) >= 11 is 0. The molecule has 1 amide bonds. The molecule has 0 unspecified atom stereocenters. The first kappa shape index (κ1) is 22.0. The predicted octanol–water partition coefficient (Wildman–Crippen LogP) is 0.995. The van der Waals surface area contributed by atoms with E-state index in [1.807, 2.05) is 0 Å². The Morgan fingerprint density at radius 1 is 1.28 bits per heavy atom. The number of benzene rings is 1. The van der Waals surface area contributed by atoms with Crippen molar-refractivity contribution in [3.8, 4) is 5.75 Å². The zero-order valence-electron chi connectivity index (χ0n) is 17.2. The summed E-state index contributed by atoms with van der Waals surface area (Å²) in [6, 6.07) is 4.33. The average molecular weight is 426 g/mol. The maximum atomic E-state index is 13.2. The molecular weight excluding hydrogens is 394 g/mol. The maximum absolute atomic E-state index is 13.2. The number of hydrogen-bond acceptors (Lipinski definition) is 6. The van der Waals surface area contributed by atoms with Gasteiger partial charge in [-0.1, -0.05) is 6.07 Å². The standard InChI is InChI=1S/C20H31N3O5S/c1-16-6-7-17(27-2)15-19(16)29(25,26)23-10-3-5-18(23)20(24)21-8-4-9-22-11-13-28-14-12-22/h6-7,15,18H,3-5,8-14H2,1-2H3,(H,21,24)/t18-/m0/s1. The summed E-state index contributed by atoms with van der Waals surface area (Å²) < 4.78 is 38.3. The minimum Gasteiger partial charge on any atom is -0.497 e. The maximum Gasteiger partial charge on any atom is 0.244 e. The van der Waals surface area contributed by atoms with Crippen LogP contribution in [0.2, 0.25) is 0 Å². The van der Waals surface area contributed by atoms with Gasteiger partial charge in [0.25, 0.3) is 0 Å². The zero-order chi connectivity index (χ0) is 20.9. The highest BCUT2D eigenvalue weighted by atomic mass is 32.2. The molecule has 3 rings (SSSR count). The van der Waals surface area contributed by atoms with Gasteiger partial charge in [-0.3, -0.25) is 9.69 Å². The molecule has 9 heteroatoms. The Morgan fingerprint density at radius 2 is 2.03 bits per heavy atom. The van der Waals surface area contributed by atoms with Crippen molar-refractivity contribution in [3.05, 3.63) is 23.8 Å². The number of carbonyl (C=O) groups is 1. The van der Waals surface area contributed by atoms with E-state index in [-0.39, 0.29) is 10.8 Å². The van der Waals surface area contributed by atoms with Gasteiger partial charge in [0.2, 0.25) is 15.9 Å². The van der Waals surface area contributed by atoms with Crippen LogP contribution in [0.3, 0.4) is 0 Å². The molecule has 0 aliphatic carbocycles. The van der Waals surface area contributed by atoms with Gasteiger partial charge < -0.3 is 14.8 Å². The summed E-state index contributed by atoms with van der Waals surface area (Å²) in [6.45, 7) is 6.90. The highest BCUT2D eigenvalue weighted by Gasteiger charge is 2.40. The fourth-order valence-electron chi connectivity index (χ4n) is 3.86. The SMILES string of the molecule is COc1ccc(C)c(S(=O)(=O)N2CCC[C@H]2C(=O)NCCCN2CCOCC2)c1. The van der Waals surface area contributed by atoms with Gasteiger partial charge in [0.1, 0.15) is 11.8 Å². The molecule has 8 nitrogen and oxygen atoms in total. The fourth-order valence-corrected chi connectivity index (χ4v) is 5.76. The van der Waals surface area contributed by atoms with E-state index in [4.69, 9.17) is 9.47 Å². The lowest BCUT2D eigenvalue weighted by Gasteiger charge is -2.27. The number of hydrogen-bond donors (Lipinski definition) is 1. The van der Waals surface area contributed by atoms with Crippen LogP contribution in [-0.4, -0.2) is 82.6 Å². The number of aryl methyl sites for hydroxylation is 1. The highest BCUT2D eigenvalue weighted by molar-refractivity contribution is 7.89. The van der Waals surface area contributed by atoms with Crippen molar-refractivity contribution in [3.63, 3.8) is 0 Å². The van der Waals surface area contributed by atoms with E-state index in [1.54, 1.807) is 19.1 Å². The van der Waals surface area contributed by atoms with Gasteiger partial charge in [-0.05, 0) is 44.4 Å². The lowest BCUT2D eigenvalue weighted by atomic mass is 10.2. The second kappa shape index (κ2) is 9.88. The molecule has 0 bridgehead atoms. The highest BCUT2D eigenvalue weighted by Crippen LogP contribution is 2.30. The third kappa shape index (κ3) is 5.28. The lowest BCUT2D eigenvalue weighted by Crippen LogP contribution is -2.46. The molecule has 29 heavy (non-hydrogen) atoms. The molecule has 0 spiro atoms. The molecule has 2 saturated heterocycles. The number of amides is 1. The summed E-state index contributed by atoms with van der Waals surface area (Å²) in [5.74, 6) is 0.270. The minimum absolute atomic E-state index is 0.198. The van der Waals surface area contributed by atoms with Crippen LogP contribution in [0.4, 0.5) is 0 Å². The summed E-state index contributed by atoms with van der Waals surface area (Å²) in [5, 5.41) is 2.93. The van der Waals surface area contributed by atoms with Crippen molar-refractivity contribution in [2.75, 3.05) is 53.0 Å². The molecule has 1 atom stereocenters. The van der Waals surface area contributed by atoms with Crippen molar-refractivity contribution in [1.82, 2.24) is 14.5 Å². The molecule has 0 aromatic heterocycles. The second-order valence-electron chi connectivity index (χ2n) is 7.50. The average Bonchev–Trinajstić information content (AvgIpc) is 3.23. The van der Waals surface area contributed by atoms with Crippen LogP contribution in [0.5, 0.6) is 5.75 Å². The van der Waals surface area contributed by atoms with Crippen molar-refractivity contribution >= 4 is 15.9 Å². The van der Waals surface area contributed by atoms with E-state index < -0.39 is 16.1 Å². The summed E-state index contributed by atoms with van der Waals surface area (Å²) in [5.41, 5.74) is 0.641. The number of sulfonamides is 1. The first-order chi connectivity index (χ1) is 13.9. The Morgan fingerprint density at radius 3 is 2.76 bits per heavy atom. The van der Waals surface area contributed by atoms with E-state index in [0.717, 1.165) is 39.3 Å². The number of carbonyl (C=O) groups excluding carboxylic acids is 1. The monoisotopic (exact) mass is 425 g/mol. The second-order valence-corrected chi connectivity index (χ2v) is 9.36. The molecular formula is C20H31N3O5S. The third-order valence-electron chi connectivity index (χ3n) is 5.54. The number of nitrogens with one attached hydrogen (secondary N) is 1. The van der Waals surface area contributed by atoms with E-state index in [0.29, 0.717) is 37.2 Å². The largest absolute Gasteiger partial charge is 0.497 e. The number of morpholine rings is 1. The molecule has 0 saturated carbocycles. The molecule has 0 radical (unpaired) electrons. The first-order valence-corrected chi connectivity index (χ1v) is 11.6. The van der Waals surface area contributed by atoms with E-state index >= 15 is 0 Å². The number of nitrogens with zero attached hydrogens (tertiary/aromatic N) is 2. The first-order valence-electron chi connectivity index (χ1n) is 10.2. The molecule has 1 N–H and O–H groups in total. The summed E-state index contributed by atoms with van der Waals surface area (Å²) in [6.07, 6.45) is 2.05. The van der Waals surface area contributed by atoms with Crippen LogP contribution in [0.1, 0.15) is 24.8 Å². The third-order valence-corrected chi connectivity index (χ3v) is 7.59. The van der Waals surface area contributed by atoms with Gasteiger partial charge in [0.15, 0.2) is 0 Å². The Hall–Kier alpha value is -1.68. The van der Waals surface area contributed by atoms with Gasteiger partial charge in [-0.25, -0.2) is 8.42 Å². The van der Waals surface area contributed by atoms with E-state index in [9.17, 15) is 13.2 Å². The van der Waals surface area contributed by atoms with Gasteiger partial charge in [-0.15, -0.1) is 0 Å². The van der Waals surface area contributed by atoms with Crippen LogP contribution in [0.15, 0.2) is 23.1 Å². The molecule has 2 aliphatic rings. The van der Waals surface area contributed by atoms with Gasteiger partial charge in [0.05, 0.1) is 25.2 Å². The topological polar surface area (TPSA) is 88.2 Å². The quantitative estimate of drug-likeness (QED) is 0.625. The number of rotatable bonds is 8. The Labute approximate surface area is 173 Å². The normalized spacial score (nSPS) is 21.2. The van der Waals surface area contributed by atoms with Gasteiger partial charge in [-0.2, -0.15) is 4.31 Å². The van der Waals surface area contributed by atoms with Crippen LogP contribution in [0, 0.1) is 6.92 Å². The fraction of sp³-hybridized carbons (Fsp3) is 0.650. The molecule has 162 valence electrons. The van der Waals surface area contributed by atoms with Crippen LogP contribution < -0.4 is 10.1 Å². The Bertz CT molecular complexity index is 808. The Kier molecular flexibility index (Phi) is 7.50. The Balaban J connectivity index is 1.60. The summed E-state index contributed by atoms with van der Waals surface area (Å²) in [7, 11) is -2.27. The minimum atomic E-state index is -3.77. The van der Waals surface area contributed by atoms with Crippen molar-refractivity contribution in [2.45, 2.75) is 37.1 Å². The molecule has 2 fully saturated rings. The van der Waals surface area contributed by atoms with E-state index in [1.165, 1.54) is 17.5 Å². The zero-order valence-corrected chi connectivity index (χ0v) is 18.0. The van der Waals surface area contributed by atoms with Crippen LogP contribution in [-0.2, 0) is 19.6 Å². The molecule has 1 aromatic rings. The van der Waals surface area contributed by atoms with Crippen molar-refractivity contribution in [1.29, 1.82) is 0 Å². The molecule has 2 aliphatic heterocycles. The lowest BCUT2D eigenvalue weighted by molar-refractivity contribution is -0.124. The number of methoxy groups -OCH3 is 1. The molecule has 2 heterocycles. The number of ether oxygens (including phenoxy) is 2. The van der Waals surface area contributed by atoms with Crippen molar-refractivity contribution in [2.24, 2.45) is 0 Å². The van der Waals surface area contributed by atoms with E-state index in [2.05, 4.69) is 10.2 Å². The van der Waals surface area contributed by atoms with Gasteiger partial charge >= 0.3 is 0 Å². The summed E-state index contributed by atoms with van der Waals surface area (Å²) in [4.78, 5) is 15.2. The van der Waals surface area contributed by atoms with Crippen molar-refractivity contribution < 1.29 is 22.7 Å².